The van der Waals surface area contributed by atoms with Crippen molar-refractivity contribution < 1.29 is 9.53 Å². The number of carbonyl (C=O) groups excluding carboxylic acids is 1. The van der Waals surface area contributed by atoms with Gasteiger partial charge in [-0.2, -0.15) is 5.10 Å². The maximum absolute atomic E-state index is 12.1. The smallest absolute Gasteiger partial charge is 0.407 e. The summed E-state index contributed by atoms with van der Waals surface area (Å²) in [5, 5.41) is 10.6. The number of nitrogens with one attached hydrogen (secondary N) is 2. The van der Waals surface area contributed by atoms with Crippen LogP contribution in [0.5, 0.6) is 0 Å². The number of aromatic nitrogens is 2. The molecule has 0 aliphatic carbocycles. The molecule has 10 heteroatoms. The van der Waals surface area contributed by atoms with Crippen LogP contribution >= 0.6 is 24.0 Å². The molecule has 172 valence electrons. The van der Waals surface area contributed by atoms with Gasteiger partial charge in [-0.25, -0.2) is 4.79 Å². The first-order valence-electron chi connectivity index (χ1n) is 10.3. The van der Waals surface area contributed by atoms with Crippen LogP contribution in [-0.2, 0) is 11.8 Å². The highest BCUT2D eigenvalue weighted by atomic mass is 127. The van der Waals surface area contributed by atoms with E-state index in [4.69, 9.17) is 9.73 Å². The molecule has 0 aromatic carbocycles. The minimum absolute atomic E-state index is 0. The van der Waals surface area contributed by atoms with Crippen molar-refractivity contribution in [3.05, 3.63) is 18.0 Å². The number of guanidine groups is 1. The van der Waals surface area contributed by atoms with E-state index in [0.717, 1.165) is 31.0 Å². The van der Waals surface area contributed by atoms with E-state index >= 15 is 0 Å². The van der Waals surface area contributed by atoms with Crippen LogP contribution in [0.4, 0.5) is 4.79 Å². The molecule has 30 heavy (non-hydrogen) atoms. The number of alkyl carbamates (subject to hydrolysis) is 1. The second-order valence-corrected chi connectivity index (χ2v) is 8.70. The number of nitrogens with zero attached hydrogens (tertiary/aromatic N) is 5. The van der Waals surface area contributed by atoms with E-state index in [9.17, 15) is 4.79 Å². The van der Waals surface area contributed by atoms with E-state index in [1.807, 2.05) is 44.9 Å². The largest absolute Gasteiger partial charge is 0.444 e. The number of ether oxygens (including phenoxy) is 1. The maximum Gasteiger partial charge on any atom is 0.407 e. The van der Waals surface area contributed by atoms with Gasteiger partial charge in [0.2, 0.25) is 0 Å². The molecule has 0 bridgehead atoms. The van der Waals surface area contributed by atoms with Crippen molar-refractivity contribution in [3.8, 4) is 0 Å². The molecule has 1 aromatic heterocycles. The SMILES string of the molecule is CCNC(=NCC(c1cnn(C)c1)N(C)C)N1CCC(NC(=O)OC(C)(C)C)C1.I. The summed E-state index contributed by atoms with van der Waals surface area (Å²) in [6.07, 6.45) is 4.42. The summed E-state index contributed by atoms with van der Waals surface area (Å²) in [6, 6.07) is 0.201. The zero-order valence-corrected chi connectivity index (χ0v) is 21.6. The standard InChI is InChI=1S/C20H37N7O2.HI/c1-8-21-18(22-12-17(25(5)6)15-11-23-26(7)13-15)27-10-9-16(14-27)24-19(28)29-20(2,3)4;/h11,13,16-17H,8-10,12,14H2,1-7H3,(H,21,22)(H,24,28);1H. The fraction of sp³-hybridized carbons (Fsp3) is 0.750. The molecule has 9 nitrogen and oxygen atoms in total. The predicted molar refractivity (Wildman–Crippen MR) is 130 cm³/mol. The number of likely N-dealkylation sites (tertiary alicyclic amines) is 1. The Morgan fingerprint density at radius 1 is 1.43 bits per heavy atom. The Morgan fingerprint density at radius 2 is 2.13 bits per heavy atom. The number of amides is 1. The van der Waals surface area contributed by atoms with Crippen LogP contribution in [0.3, 0.4) is 0 Å². The second kappa shape index (κ2) is 11.7. The first-order chi connectivity index (χ1) is 13.6. The van der Waals surface area contributed by atoms with Gasteiger partial charge in [0, 0.05) is 38.4 Å². The molecule has 2 heterocycles. The zero-order valence-electron chi connectivity index (χ0n) is 19.3. The molecule has 2 unspecified atom stereocenters. The molecule has 1 saturated heterocycles. The highest BCUT2D eigenvalue weighted by molar-refractivity contribution is 14.0. The molecule has 0 radical (unpaired) electrons. The van der Waals surface area contributed by atoms with Crippen molar-refractivity contribution in [1.82, 2.24) is 30.2 Å². The van der Waals surface area contributed by atoms with Gasteiger partial charge in [-0.3, -0.25) is 9.67 Å². The Hall–Kier alpha value is -1.56. The molecule has 1 aliphatic heterocycles. The molecular weight excluding hydrogens is 497 g/mol. The fourth-order valence-electron chi connectivity index (χ4n) is 3.32. The molecule has 1 fully saturated rings. The van der Waals surface area contributed by atoms with Crippen LogP contribution in [0.15, 0.2) is 17.4 Å². The normalized spacial score (nSPS) is 18.2. The highest BCUT2D eigenvalue weighted by Gasteiger charge is 2.28. The van der Waals surface area contributed by atoms with Crippen molar-refractivity contribution in [2.75, 3.05) is 40.3 Å². The lowest BCUT2D eigenvalue weighted by Crippen LogP contribution is -2.44. The lowest BCUT2D eigenvalue weighted by molar-refractivity contribution is 0.0507. The van der Waals surface area contributed by atoms with Gasteiger partial charge < -0.3 is 25.2 Å². The van der Waals surface area contributed by atoms with Gasteiger partial charge in [-0.15, -0.1) is 24.0 Å². The summed E-state index contributed by atoms with van der Waals surface area (Å²) < 4.78 is 7.18. The summed E-state index contributed by atoms with van der Waals surface area (Å²) in [5.74, 6) is 0.872. The van der Waals surface area contributed by atoms with Crippen LogP contribution in [0.1, 0.15) is 45.7 Å². The average molecular weight is 535 g/mol. The third-order valence-corrected chi connectivity index (χ3v) is 4.69. The Kier molecular flexibility index (Phi) is 10.4. The first kappa shape index (κ1) is 26.5. The highest BCUT2D eigenvalue weighted by Crippen LogP contribution is 2.18. The summed E-state index contributed by atoms with van der Waals surface area (Å²) in [6.45, 7) is 10.6. The van der Waals surface area contributed by atoms with E-state index in [1.54, 1.807) is 0 Å². The molecule has 2 N–H and O–H groups in total. The van der Waals surface area contributed by atoms with Crippen LogP contribution in [0.25, 0.3) is 0 Å². The number of likely N-dealkylation sites (N-methyl/N-ethyl adjacent to an activating group) is 1. The molecule has 2 rings (SSSR count). The number of halogens is 1. The number of aryl methyl sites for hydroxylation is 1. The molecule has 0 saturated carbocycles. The summed E-state index contributed by atoms with van der Waals surface area (Å²) in [5.41, 5.74) is 0.648. The third kappa shape index (κ3) is 8.29. The number of hydrogen-bond donors (Lipinski definition) is 2. The zero-order chi connectivity index (χ0) is 21.6. The van der Waals surface area contributed by atoms with E-state index in [-0.39, 0.29) is 42.2 Å². The van der Waals surface area contributed by atoms with Crippen molar-refractivity contribution in [1.29, 1.82) is 0 Å². The topological polar surface area (TPSA) is 87.0 Å². The van der Waals surface area contributed by atoms with Gasteiger partial charge >= 0.3 is 6.09 Å². The van der Waals surface area contributed by atoms with Gasteiger partial charge in [0.15, 0.2) is 5.96 Å². The van der Waals surface area contributed by atoms with Gasteiger partial charge in [0.25, 0.3) is 0 Å². The number of aliphatic imine (C=N–C) groups is 1. The van der Waals surface area contributed by atoms with E-state index < -0.39 is 5.60 Å². The lowest BCUT2D eigenvalue weighted by Gasteiger charge is -2.25. The number of rotatable bonds is 6. The number of hydrogen-bond acceptors (Lipinski definition) is 5. The van der Waals surface area contributed by atoms with Crippen LogP contribution in [0, 0.1) is 0 Å². The van der Waals surface area contributed by atoms with E-state index in [2.05, 4.69) is 46.6 Å². The first-order valence-corrected chi connectivity index (χ1v) is 10.3. The van der Waals surface area contributed by atoms with Crippen molar-refractivity contribution in [2.24, 2.45) is 12.0 Å². The maximum atomic E-state index is 12.1. The van der Waals surface area contributed by atoms with Gasteiger partial charge in [0.1, 0.15) is 5.60 Å². The van der Waals surface area contributed by atoms with Crippen LogP contribution in [-0.4, -0.2) is 83.6 Å². The van der Waals surface area contributed by atoms with Gasteiger partial charge in [0.05, 0.1) is 24.8 Å². The minimum atomic E-state index is -0.494. The molecule has 1 aromatic rings. The van der Waals surface area contributed by atoms with E-state index in [0.29, 0.717) is 13.1 Å². The quantitative estimate of drug-likeness (QED) is 0.330. The van der Waals surface area contributed by atoms with E-state index in [1.165, 1.54) is 0 Å². The predicted octanol–water partition coefficient (Wildman–Crippen LogP) is 2.21. The van der Waals surface area contributed by atoms with Gasteiger partial charge in [-0.1, -0.05) is 0 Å². The molecule has 2 atom stereocenters. The molecule has 0 spiro atoms. The van der Waals surface area contributed by atoms with Crippen LogP contribution in [0.2, 0.25) is 0 Å². The van der Waals surface area contributed by atoms with Crippen LogP contribution < -0.4 is 10.6 Å². The third-order valence-electron chi connectivity index (χ3n) is 4.69. The fourth-order valence-corrected chi connectivity index (χ4v) is 3.32. The summed E-state index contributed by atoms with van der Waals surface area (Å²) in [4.78, 5) is 21.3. The Bertz CT molecular complexity index is 700. The Labute approximate surface area is 197 Å². The Balaban J connectivity index is 0.00000450. The van der Waals surface area contributed by atoms with Crippen molar-refractivity contribution >= 4 is 36.0 Å². The molecular formula is C20H38IN7O2. The lowest BCUT2D eigenvalue weighted by atomic mass is 10.1. The second-order valence-electron chi connectivity index (χ2n) is 8.70. The monoisotopic (exact) mass is 535 g/mol. The minimum Gasteiger partial charge on any atom is -0.444 e. The summed E-state index contributed by atoms with van der Waals surface area (Å²) >= 11 is 0. The number of carbonyl (C=O) groups is 1. The van der Waals surface area contributed by atoms with Gasteiger partial charge in [-0.05, 0) is 48.2 Å². The Morgan fingerprint density at radius 3 is 2.67 bits per heavy atom. The molecule has 1 aliphatic rings. The molecule has 1 amide bonds. The average Bonchev–Trinajstić information content (AvgIpc) is 3.21. The van der Waals surface area contributed by atoms with Crippen molar-refractivity contribution in [3.63, 3.8) is 0 Å². The van der Waals surface area contributed by atoms with Crippen molar-refractivity contribution in [2.45, 2.75) is 51.8 Å². The summed E-state index contributed by atoms with van der Waals surface area (Å²) in [7, 11) is 6.03.